The van der Waals surface area contributed by atoms with E-state index in [2.05, 4.69) is 4.74 Å². The van der Waals surface area contributed by atoms with Crippen molar-refractivity contribution in [2.45, 2.75) is 6.42 Å². The summed E-state index contributed by atoms with van der Waals surface area (Å²) >= 11 is 0. The summed E-state index contributed by atoms with van der Waals surface area (Å²) in [5.74, 6) is 0. The molecule has 4 heteroatoms. The molecule has 1 heterocycles. The van der Waals surface area contributed by atoms with Gasteiger partial charge in [-0.05, 0) is 24.6 Å². The van der Waals surface area contributed by atoms with Crippen molar-refractivity contribution in [3.8, 4) is 0 Å². The third kappa shape index (κ3) is 1.85. The minimum absolute atomic E-state index is 0.377. The van der Waals surface area contributed by atoms with Crippen LogP contribution in [0.1, 0.15) is 5.56 Å². The highest BCUT2D eigenvalue weighted by atomic mass is 16.5. The third-order valence-corrected chi connectivity index (χ3v) is 1.57. The van der Waals surface area contributed by atoms with Gasteiger partial charge in [0.2, 0.25) is 0 Å². The maximum atomic E-state index is 10.9. The number of aromatic nitrogens is 1. The summed E-state index contributed by atoms with van der Waals surface area (Å²) in [5, 5.41) is 0. The number of hydrogen-bond donors (Lipinski definition) is 1. The van der Waals surface area contributed by atoms with Crippen LogP contribution in [0.3, 0.4) is 0 Å². The van der Waals surface area contributed by atoms with Gasteiger partial charge < -0.3 is 10.5 Å². The number of nitrogens with zero attached hydrogens (tertiary/aromatic N) is 1. The first kappa shape index (κ1) is 8.80. The van der Waals surface area contributed by atoms with Crippen molar-refractivity contribution in [3.05, 3.63) is 24.0 Å². The predicted molar refractivity (Wildman–Crippen MR) is 45.0 cm³/mol. The Kier molecular flexibility index (Phi) is 2.88. The summed E-state index contributed by atoms with van der Waals surface area (Å²) in [4.78, 5) is 10.9. The highest BCUT2D eigenvalue weighted by Gasteiger charge is 2.02. The number of ether oxygens (including phenoxy) is 1. The SMILES string of the molecule is COC(=O)n1ccc(CCN)c1. The second-order valence-electron chi connectivity index (χ2n) is 2.44. The average Bonchev–Trinajstić information content (AvgIpc) is 2.52. The molecule has 4 nitrogen and oxygen atoms in total. The number of carbonyl (C=O) groups excluding carboxylic acids is 1. The topological polar surface area (TPSA) is 57.2 Å². The minimum Gasteiger partial charge on any atom is -0.452 e. The summed E-state index contributed by atoms with van der Waals surface area (Å²) in [6.07, 6.45) is 3.79. The van der Waals surface area contributed by atoms with Crippen LogP contribution >= 0.6 is 0 Å². The number of methoxy groups -OCH3 is 1. The molecule has 0 aliphatic carbocycles. The number of hydrogen-bond acceptors (Lipinski definition) is 3. The fourth-order valence-corrected chi connectivity index (χ4v) is 0.974. The molecule has 1 rings (SSSR count). The number of rotatable bonds is 2. The first-order valence-corrected chi connectivity index (χ1v) is 3.73. The molecule has 0 bridgehead atoms. The van der Waals surface area contributed by atoms with Gasteiger partial charge in [0, 0.05) is 12.4 Å². The monoisotopic (exact) mass is 168 g/mol. The van der Waals surface area contributed by atoms with Crippen LogP contribution in [-0.2, 0) is 11.2 Å². The van der Waals surface area contributed by atoms with Gasteiger partial charge in [-0.2, -0.15) is 0 Å². The van der Waals surface area contributed by atoms with Crippen LogP contribution in [0.5, 0.6) is 0 Å². The Labute approximate surface area is 70.9 Å². The highest BCUT2D eigenvalue weighted by Crippen LogP contribution is 2.01. The normalized spacial score (nSPS) is 9.83. The summed E-state index contributed by atoms with van der Waals surface area (Å²) in [5.41, 5.74) is 6.40. The molecular weight excluding hydrogens is 156 g/mol. The van der Waals surface area contributed by atoms with Crippen molar-refractivity contribution >= 4 is 6.09 Å². The van der Waals surface area contributed by atoms with E-state index in [1.54, 1.807) is 12.4 Å². The lowest BCUT2D eigenvalue weighted by molar-refractivity contribution is 0.173. The Morgan fingerprint density at radius 2 is 2.50 bits per heavy atom. The van der Waals surface area contributed by atoms with Crippen LogP contribution in [0.4, 0.5) is 4.79 Å². The average molecular weight is 168 g/mol. The molecule has 12 heavy (non-hydrogen) atoms. The van der Waals surface area contributed by atoms with Crippen LogP contribution in [0.25, 0.3) is 0 Å². The van der Waals surface area contributed by atoms with Crippen molar-refractivity contribution in [2.75, 3.05) is 13.7 Å². The first-order valence-electron chi connectivity index (χ1n) is 3.73. The quantitative estimate of drug-likeness (QED) is 0.703. The van der Waals surface area contributed by atoms with E-state index >= 15 is 0 Å². The van der Waals surface area contributed by atoms with Crippen LogP contribution in [0.15, 0.2) is 18.5 Å². The van der Waals surface area contributed by atoms with Crippen LogP contribution in [0.2, 0.25) is 0 Å². The molecular formula is C8H12N2O2. The molecule has 0 unspecified atom stereocenters. The van der Waals surface area contributed by atoms with Crippen molar-refractivity contribution < 1.29 is 9.53 Å². The molecule has 66 valence electrons. The van der Waals surface area contributed by atoms with E-state index in [4.69, 9.17) is 5.73 Å². The maximum absolute atomic E-state index is 10.9. The fraction of sp³-hybridized carbons (Fsp3) is 0.375. The fourth-order valence-electron chi connectivity index (χ4n) is 0.974. The summed E-state index contributed by atoms with van der Waals surface area (Å²) < 4.78 is 5.91. The Morgan fingerprint density at radius 1 is 1.75 bits per heavy atom. The van der Waals surface area contributed by atoms with Crippen LogP contribution in [-0.4, -0.2) is 24.3 Å². The highest BCUT2D eigenvalue weighted by molar-refractivity contribution is 5.70. The lowest BCUT2D eigenvalue weighted by Gasteiger charge is -1.97. The Bertz CT molecular complexity index is 268. The second-order valence-corrected chi connectivity index (χ2v) is 2.44. The van der Waals surface area contributed by atoms with E-state index in [1.807, 2.05) is 6.07 Å². The molecule has 0 amide bonds. The Morgan fingerprint density at radius 3 is 3.08 bits per heavy atom. The van der Waals surface area contributed by atoms with E-state index in [9.17, 15) is 4.79 Å². The molecule has 0 fully saturated rings. The summed E-state index contributed by atoms with van der Waals surface area (Å²) in [7, 11) is 1.35. The van der Waals surface area contributed by atoms with E-state index in [0.29, 0.717) is 6.54 Å². The Hall–Kier alpha value is -1.29. The van der Waals surface area contributed by atoms with Crippen LogP contribution in [0, 0.1) is 0 Å². The zero-order valence-corrected chi connectivity index (χ0v) is 6.99. The van der Waals surface area contributed by atoms with E-state index in [1.165, 1.54) is 11.7 Å². The van der Waals surface area contributed by atoms with Gasteiger partial charge in [0.1, 0.15) is 0 Å². The lowest BCUT2D eigenvalue weighted by Crippen LogP contribution is -2.08. The smallest absolute Gasteiger partial charge is 0.417 e. The third-order valence-electron chi connectivity index (χ3n) is 1.57. The predicted octanol–water partition coefficient (Wildman–Crippen LogP) is 0.604. The van der Waals surface area contributed by atoms with Crippen molar-refractivity contribution in [1.82, 2.24) is 4.57 Å². The summed E-state index contributed by atoms with van der Waals surface area (Å²) in [6.45, 7) is 0.588. The van der Waals surface area contributed by atoms with Gasteiger partial charge in [-0.25, -0.2) is 4.79 Å². The van der Waals surface area contributed by atoms with Gasteiger partial charge in [0.05, 0.1) is 7.11 Å². The lowest BCUT2D eigenvalue weighted by atomic mass is 10.2. The molecule has 0 saturated heterocycles. The molecule has 1 aromatic rings. The standard InChI is InChI=1S/C8H12N2O2/c1-12-8(11)10-5-3-7(6-10)2-4-9/h3,5-6H,2,4,9H2,1H3. The Balaban J connectivity index is 2.70. The van der Waals surface area contributed by atoms with E-state index in [0.717, 1.165) is 12.0 Å². The maximum Gasteiger partial charge on any atom is 0.417 e. The van der Waals surface area contributed by atoms with Crippen LogP contribution < -0.4 is 5.73 Å². The molecule has 0 atom stereocenters. The molecule has 0 saturated carbocycles. The molecule has 0 aliphatic rings. The molecule has 0 radical (unpaired) electrons. The largest absolute Gasteiger partial charge is 0.452 e. The number of nitrogens with two attached hydrogens (primary N) is 1. The molecule has 1 aromatic heterocycles. The zero-order valence-electron chi connectivity index (χ0n) is 6.99. The van der Waals surface area contributed by atoms with Crippen molar-refractivity contribution in [2.24, 2.45) is 5.73 Å². The van der Waals surface area contributed by atoms with Crippen molar-refractivity contribution in [3.63, 3.8) is 0 Å². The van der Waals surface area contributed by atoms with Gasteiger partial charge >= 0.3 is 6.09 Å². The van der Waals surface area contributed by atoms with Gasteiger partial charge in [-0.15, -0.1) is 0 Å². The second kappa shape index (κ2) is 3.92. The number of carbonyl (C=O) groups is 1. The van der Waals surface area contributed by atoms with Gasteiger partial charge in [-0.1, -0.05) is 0 Å². The molecule has 0 aromatic carbocycles. The van der Waals surface area contributed by atoms with Gasteiger partial charge in [-0.3, -0.25) is 4.57 Å². The molecule has 0 aliphatic heterocycles. The van der Waals surface area contributed by atoms with Gasteiger partial charge in [0.25, 0.3) is 0 Å². The summed E-state index contributed by atoms with van der Waals surface area (Å²) in [6, 6.07) is 1.85. The van der Waals surface area contributed by atoms with E-state index < -0.39 is 0 Å². The first-order chi connectivity index (χ1) is 5.77. The van der Waals surface area contributed by atoms with Gasteiger partial charge in [0.15, 0.2) is 0 Å². The van der Waals surface area contributed by atoms with E-state index in [-0.39, 0.29) is 6.09 Å². The zero-order chi connectivity index (χ0) is 8.97. The minimum atomic E-state index is -0.377. The van der Waals surface area contributed by atoms with Crippen molar-refractivity contribution in [1.29, 1.82) is 0 Å². The molecule has 2 N–H and O–H groups in total. The molecule has 0 spiro atoms.